The first-order chi connectivity index (χ1) is 12.8. The first kappa shape index (κ1) is 19.3. The maximum atomic E-state index is 13.1. The van der Waals surface area contributed by atoms with Gasteiger partial charge in [0.15, 0.2) is 36.9 Å². The van der Waals surface area contributed by atoms with E-state index in [2.05, 4.69) is 20.4 Å². The number of anilines is 1. The Kier molecular flexibility index (Phi) is 5.77. The van der Waals surface area contributed by atoms with Crippen LogP contribution in [0.1, 0.15) is 12.0 Å². The number of carbonyl (C=O) groups excluding carboxylic acids is 1. The molecule has 0 aliphatic carbocycles. The highest BCUT2D eigenvalue weighted by molar-refractivity contribution is 7.90. The van der Waals surface area contributed by atoms with Gasteiger partial charge in [-0.15, -0.1) is 0 Å². The molecule has 27 heavy (non-hydrogen) atoms. The second-order valence-corrected chi connectivity index (χ2v) is 8.56. The number of hydrogen-bond donors (Lipinski definition) is 1. The number of carbonyl (C=O) groups is 1. The summed E-state index contributed by atoms with van der Waals surface area (Å²) >= 11 is 0.657. The van der Waals surface area contributed by atoms with E-state index in [0.29, 0.717) is 31.0 Å². The molecule has 0 aromatic carbocycles. The van der Waals surface area contributed by atoms with Crippen LogP contribution in [-0.4, -0.2) is 55.6 Å². The standard InChI is InChI=1S/C15H15FN4O5S2/c1-27(22,23)12-3-2-9(6-17-12)13(20-25-10-4-5-24-8-10)14(21)19-15-18-7-11(16)26-15/h2-3,6-7,10H,4-5,8H2,1H3,(H,18,19,21)/t10-/m1/s1. The van der Waals surface area contributed by atoms with Gasteiger partial charge in [0.05, 0.1) is 19.4 Å². The van der Waals surface area contributed by atoms with Gasteiger partial charge in [-0.25, -0.2) is 18.4 Å². The molecule has 0 bridgehead atoms. The second kappa shape index (κ2) is 8.06. The first-order valence-corrected chi connectivity index (χ1v) is 10.4. The van der Waals surface area contributed by atoms with Gasteiger partial charge in [0, 0.05) is 24.4 Å². The Hall–Kier alpha value is -2.44. The number of rotatable bonds is 6. The van der Waals surface area contributed by atoms with Crippen molar-refractivity contribution in [3.63, 3.8) is 0 Å². The van der Waals surface area contributed by atoms with Gasteiger partial charge in [-0.05, 0) is 12.1 Å². The van der Waals surface area contributed by atoms with Gasteiger partial charge in [0.25, 0.3) is 5.91 Å². The Balaban J connectivity index is 1.86. The van der Waals surface area contributed by atoms with Gasteiger partial charge in [-0.1, -0.05) is 16.5 Å². The third-order valence-corrected chi connectivity index (χ3v) is 5.19. The van der Waals surface area contributed by atoms with E-state index in [4.69, 9.17) is 9.57 Å². The Morgan fingerprint density at radius 1 is 1.41 bits per heavy atom. The molecule has 9 nitrogen and oxygen atoms in total. The van der Waals surface area contributed by atoms with Crippen LogP contribution in [0.3, 0.4) is 0 Å². The van der Waals surface area contributed by atoms with E-state index in [0.717, 1.165) is 12.5 Å². The van der Waals surface area contributed by atoms with Gasteiger partial charge >= 0.3 is 0 Å². The van der Waals surface area contributed by atoms with Crippen molar-refractivity contribution < 1.29 is 27.2 Å². The summed E-state index contributed by atoms with van der Waals surface area (Å²) in [5.41, 5.74) is 0.0842. The average molecular weight is 414 g/mol. The van der Waals surface area contributed by atoms with Crippen molar-refractivity contribution >= 4 is 37.9 Å². The number of aromatic nitrogens is 2. The van der Waals surface area contributed by atoms with Gasteiger partial charge in [0.1, 0.15) is 0 Å². The van der Waals surface area contributed by atoms with E-state index in [1.54, 1.807) is 0 Å². The van der Waals surface area contributed by atoms with Crippen LogP contribution in [0.4, 0.5) is 9.52 Å². The maximum Gasteiger partial charge on any atom is 0.280 e. The quantitative estimate of drug-likeness (QED) is 0.557. The van der Waals surface area contributed by atoms with Crippen molar-refractivity contribution in [2.24, 2.45) is 5.16 Å². The minimum Gasteiger partial charge on any atom is -0.389 e. The van der Waals surface area contributed by atoms with Crippen LogP contribution in [0.25, 0.3) is 0 Å². The highest BCUT2D eigenvalue weighted by Crippen LogP contribution is 2.17. The first-order valence-electron chi connectivity index (χ1n) is 7.73. The van der Waals surface area contributed by atoms with E-state index in [1.807, 2.05) is 0 Å². The number of nitrogens with zero attached hydrogens (tertiary/aromatic N) is 3. The van der Waals surface area contributed by atoms with Crippen LogP contribution >= 0.6 is 11.3 Å². The fraction of sp³-hybridized carbons (Fsp3) is 0.333. The van der Waals surface area contributed by atoms with E-state index in [-0.39, 0.29) is 27.5 Å². The number of nitrogens with one attached hydrogen (secondary N) is 1. The van der Waals surface area contributed by atoms with Crippen LogP contribution in [0, 0.1) is 5.13 Å². The van der Waals surface area contributed by atoms with E-state index < -0.39 is 20.9 Å². The lowest BCUT2D eigenvalue weighted by atomic mass is 10.2. The third-order valence-electron chi connectivity index (χ3n) is 3.48. The Labute approximate surface area is 158 Å². The van der Waals surface area contributed by atoms with Gasteiger partial charge in [-0.3, -0.25) is 10.1 Å². The number of pyridine rings is 1. The molecule has 2 aromatic heterocycles. The number of oxime groups is 1. The Morgan fingerprint density at radius 2 is 2.22 bits per heavy atom. The van der Waals surface area contributed by atoms with E-state index in [1.165, 1.54) is 18.3 Å². The molecule has 0 spiro atoms. The smallest absolute Gasteiger partial charge is 0.280 e. The molecule has 1 N–H and O–H groups in total. The molecule has 3 heterocycles. The number of thiazole rings is 1. The van der Waals surface area contributed by atoms with Crippen LogP contribution < -0.4 is 5.32 Å². The molecule has 1 atom stereocenters. The molecule has 1 amide bonds. The molecular weight excluding hydrogens is 399 g/mol. The molecule has 144 valence electrons. The van der Waals surface area contributed by atoms with Gasteiger partial charge in [0.2, 0.25) is 0 Å². The lowest BCUT2D eigenvalue weighted by Gasteiger charge is -2.09. The molecule has 2 aromatic rings. The monoisotopic (exact) mass is 414 g/mol. The minimum atomic E-state index is -3.49. The molecule has 0 saturated carbocycles. The summed E-state index contributed by atoms with van der Waals surface area (Å²) < 4.78 is 41.3. The summed E-state index contributed by atoms with van der Waals surface area (Å²) in [6.07, 6.45) is 3.53. The van der Waals surface area contributed by atoms with Crippen LogP contribution in [-0.2, 0) is 24.2 Å². The predicted octanol–water partition coefficient (Wildman–Crippen LogP) is 1.23. The highest BCUT2D eigenvalue weighted by atomic mass is 32.2. The zero-order valence-electron chi connectivity index (χ0n) is 14.1. The normalized spacial score (nSPS) is 17.7. The topological polar surface area (TPSA) is 120 Å². The highest BCUT2D eigenvalue weighted by Gasteiger charge is 2.22. The molecular formula is C15H15FN4O5S2. The number of halogens is 1. The Morgan fingerprint density at radius 3 is 2.78 bits per heavy atom. The fourth-order valence-corrected chi connectivity index (χ4v) is 3.26. The largest absolute Gasteiger partial charge is 0.389 e. The summed E-state index contributed by atoms with van der Waals surface area (Å²) in [6, 6.07) is 2.65. The third kappa shape index (κ3) is 5.05. The fourth-order valence-electron chi connectivity index (χ4n) is 2.16. The molecule has 0 radical (unpaired) electrons. The zero-order valence-corrected chi connectivity index (χ0v) is 15.7. The average Bonchev–Trinajstić information content (AvgIpc) is 3.26. The number of amides is 1. The molecule has 1 aliphatic rings. The van der Waals surface area contributed by atoms with E-state index >= 15 is 0 Å². The van der Waals surface area contributed by atoms with Crippen molar-refractivity contribution in [1.82, 2.24) is 9.97 Å². The van der Waals surface area contributed by atoms with Crippen LogP contribution in [0.15, 0.2) is 34.7 Å². The summed E-state index contributed by atoms with van der Waals surface area (Å²) in [6.45, 7) is 0.881. The molecule has 1 aliphatic heterocycles. The number of hydrogen-bond acceptors (Lipinski definition) is 9. The SMILES string of the molecule is CS(=O)(=O)c1ccc(C(=NO[C@@H]2CCOC2)C(=O)Nc2ncc(F)s2)cn1. The van der Waals surface area contributed by atoms with Crippen molar-refractivity contribution in [2.75, 3.05) is 24.8 Å². The van der Waals surface area contributed by atoms with Crippen molar-refractivity contribution in [1.29, 1.82) is 0 Å². The molecule has 3 rings (SSSR count). The van der Waals surface area contributed by atoms with E-state index in [9.17, 15) is 17.6 Å². The molecule has 1 saturated heterocycles. The molecule has 0 unspecified atom stereocenters. The second-order valence-electron chi connectivity index (χ2n) is 5.61. The number of sulfone groups is 1. The maximum absolute atomic E-state index is 13.1. The van der Waals surface area contributed by atoms with Crippen molar-refractivity contribution in [3.8, 4) is 0 Å². The van der Waals surface area contributed by atoms with Crippen molar-refractivity contribution in [3.05, 3.63) is 35.2 Å². The number of ether oxygens (including phenoxy) is 1. The summed E-state index contributed by atoms with van der Waals surface area (Å²) in [7, 11) is -3.49. The molecule has 1 fully saturated rings. The summed E-state index contributed by atoms with van der Waals surface area (Å²) in [5.74, 6) is -0.697. The summed E-state index contributed by atoms with van der Waals surface area (Å²) in [4.78, 5) is 25.5. The Bertz CT molecular complexity index is 953. The predicted molar refractivity (Wildman–Crippen MR) is 94.9 cm³/mol. The minimum absolute atomic E-state index is 0.0510. The van der Waals surface area contributed by atoms with Gasteiger partial charge < -0.3 is 9.57 Å². The lowest BCUT2D eigenvalue weighted by Crippen LogP contribution is -2.25. The summed E-state index contributed by atoms with van der Waals surface area (Å²) in [5, 5.41) is 5.67. The van der Waals surface area contributed by atoms with Crippen LogP contribution in [0.2, 0.25) is 0 Å². The van der Waals surface area contributed by atoms with Crippen molar-refractivity contribution in [2.45, 2.75) is 17.6 Å². The zero-order chi connectivity index (χ0) is 19.4. The molecule has 12 heteroatoms. The lowest BCUT2D eigenvalue weighted by molar-refractivity contribution is -0.110. The van der Waals surface area contributed by atoms with Gasteiger partial charge in [-0.2, -0.15) is 4.39 Å². The van der Waals surface area contributed by atoms with Crippen LogP contribution in [0.5, 0.6) is 0 Å².